The maximum Gasteiger partial charge on any atom is 0.137 e. The van der Waals surface area contributed by atoms with E-state index in [9.17, 15) is 4.79 Å². The third-order valence-corrected chi connectivity index (χ3v) is 2.75. The van der Waals surface area contributed by atoms with Gasteiger partial charge in [-0.2, -0.15) is 0 Å². The minimum atomic E-state index is -0.351. The summed E-state index contributed by atoms with van der Waals surface area (Å²) in [6.07, 6.45) is 0.643. The van der Waals surface area contributed by atoms with Crippen LogP contribution in [0, 0.1) is 0 Å². The number of carbonyl (C=O) groups excluding carboxylic acids is 1. The van der Waals surface area contributed by atoms with E-state index in [-0.39, 0.29) is 17.2 Å². The average Bonchev–Trinajstić information content (AvgIpc) is 2.28. The molecule has 3 heteroatoms. The first-order valence-corrected chi connectivity index (χ1v) is 6.72. The van der Waals surface area contributed by atoms with E-state index in [4.69, 9.17) is 17.3 Å². The van der Waals surface area contributed by atoms with Crippen molar-refractivity contribution in [1.29, 1.82) is 0 Å². The Morgan fingerprint density at radius 1 is 1.28 bits per heavy atom. The highest BCUT2D eigenvalue weighted by atomic mass is 35.5. The summed E-state index contributed by atoms with van der Waals surface area (Å²) >= 11 is 5.82. The molecule has 0 aliphatic rings. The van der Waals surface area contributed by atoms with Gasteiger partial charge < -0.3 is 5.73 Å². The predicted molar refractivity (Wildman–Crippen MR) is 79.1 cm³/mol. The number of rotatable bonds is 4. The van der Waals surface area contributed by atoms with Gasteiger partial charge in [0.2, 0.25) is 0 Å². The average molecular weight is 270 g/mol. The van der Waals surface area contributed by atoms with Crippen LogP contribution >= 0.6 is 11.6 Å². The molecule has 0 spiro atoms. The topological polar surface area (TPSA) is 43.1 Å². The molecule has 2 N–H and O–H groups in total. The van der Waals surface area contributed by atoms with Crippen molar-refractivity contribution in [3.8, 4) is 0 Å². The first kappa shape index (κ1) is 17.1. The number of hydrogen-bond acceptors (Lipinski definition) is 2. The Kier molecular flexibility index (Phi) is 7.19. The van der Waals surface area contributed by atoms with Crippen molar-refractivity contribution in [2.45, 2.75) is 52.5 Å². The zero-order valence-electron chi connectivity index (χ0n) is 12.0. The monoisotopic (exact) mass is 269 g/mol. The lowest BCUT2D eigenvalue weighted by Crippen LogP contribution is -2.35. The van der Waals surface area contributed by atoms with E-state index in [1.54, 1.807) is 19.1 Å². The van der Waals surface area contributed by atoms with Gasteiger partial charge >= 0.3 is 0 Å². The molecule has 0 aliphatic heterocycles. The molecule has 0 fully saturated rings. The van der Waals surface area contributed by atoms with Crippen LogP contribution in [0.25, 0.3) is 0 Å². The van der Waals surface area contributed by atoms with Crippen molar-refractivity contribution >= 4 is 17.4 Å². The maximum absolute atomic E-state index is 11.6. The number of carbonyl (C=O) groups is 1. The van der Waals surface area contributed by atoms with E-state index >= 15 is 0 Å². The highest BCUT2D eigenvalue weighted by Gasteiger charge is 2.23. The van der Waals surface area contributed by atoms with Crippen LogP contribution < -0.4 is 5.73 Å². The number of nitrogens with two attached hydrogens (primary N) is 1. The lowest BCUT2D eigenvalue weighted by molar-refractivity contribution is -0.118. The van der Waals surface area contributed by atoms with Gasteiger partial charge in [-0.1, -0.05) is 37.6 Å². The molecule has 0 aliphatic carbocycles. The Bertz CT molecular complexity index is 365. The van der Waals surface area contributed by atoms with Crippen LogP contribution in [0.15, 0.2) is 24.3 Å². The van der Waals surface area contributed by atoms with Gasteiger partial charge in [-0.05, 0) is 44.9 Å². The van der Waals surface area contributed by atoms with Gasteiger partial charge in [0.15, 0.2) is 0 Å². The van der Waals surface area contributed by atoms with E-state index < -0.39 is 0 Å². The number of benzene rings is 1. The fourth-order valence-electron chi connectivity index (χ4n) is 1.72. The van der Waals surface area contributed by atoms with Crippen molar-refractivity contribution in [2.24, 2.45) is 5.73 Å². The van der Waals surface area contributed by atoms with Gasteiger partial charge in [-0.25, -0.2) is 0 Å². The number of Topliss-reactive ketones (excluding diaryl/α,β-unsaturated/α-hetero) is 1. The molecule has 1 aromatic rings. The molecule has 102 valence electrons. The molecular weight excluding hydrogens is 246 g/mol. The van der Waals surface area contributed by atoms with Crippen LogP contribution in [0.5, 0.6) is 0 Å². The van der Waals surface area contributed by atoms with Crippen LogP contribution in [-0.4, -0.2) is 11.3 Å². The summed E-state index contributed by atoms with van der Waals surface area (Å²) in [7, 11) is 0. The summed E-state index contributed by atoms with van der Waals surface area (Å²) in [6, 6.07) is 7.38. The van der Waals surface area contributed by atoms with Crippen LogP contribution in [0.3, 0.4) is 0 Å². The SMILES string of the molecule is CC.CC(=O)C(CC(C)(C)N)c1ccc(Cl)cc1. The molecule has 18 heavy (non-hydrogen) atoms. The van der Waals surface area contributed by atoms with Gasteiger partial charge in [0.05, 0.1) is 0 Å². The highest BCUT2D eigenvalue weighted by Crippen LogP contribution is 2.26. The van der Waals surface area contributed by atoms with Crippen LogP contribution in [-0.2, 0) is 4.79 Å². The van der Waals surface area contributed by atoms with Gasteiger partial charge in [-0.15, -0.1) is 0 Å². The van der Waals surface area contributed by atoms with E-state index in [1.165, 1.54) is 0 Å². The molecule has 1 aromatic carbocycles. The lowest BCUT2D eigenvalue weighted by Gasteiger charge is -2.24. The minimum Gasteiger partial charge on any atom is -0.326 e. The Labute approximate surface area is 116 Å². The molecule has 1 atom stereocenters. The standard InChI is InChI=1S/C13H18ClNO.C2H6/c1-9(16)12(8-13(2,3)15)10-4-6-11(14)7-5-10;1-2/h4-7,12H,8,15H2,1-3H3;1-2H3. The number of ketones is 1. The second kappa shape index (κ2) is 7.55. The molecule has 0 heterocycles. The van der Waals surface area contributed by atoms with E-state index in [1.807, 2.05) is 39.8 Å². The zero-order chi connectivity index (χ0) is 14.3. The summed E-state index contributed by atoms with van der Waals surface area (Å²) in [6.45, 7) is 9.46. The molecule has 0 radical (unpaired) electrons. The van der Waals surface area contributed by atoms with Crippen molar-refractivity contribution < 1.29 is 4.79 Å². The third-order valence-electron chi connectivity index (χ3n) is 2.49. The Balaban J connectivity index is 0.00000137. The smallest absolute Gasteiger partial charge is 0.137 e. The Hall–Kier alpha value is -0.860. The van der Waals surface area contributed by atoms with Gasteiger partial charge in [0, 0.05) is 16.5 Å². The fraction of sp³-hybridized carbons (Fsp3) is 0.533. The Morgan fingerprint density at radius 3 is 2.06 bits per heavy atom. The summed E-state index contributed by atoms with van der Waals surface area (Å²) < 4.78 is 0. The maximum atomic E-state index is 11.6. The summed E-state index contributed by atoms with van der Waals surface area (Å²) in [5.41, 5.74) is 6.59. The minimum absolute atomic E-state index is 0.140. The van der Waals surface area contributed by atoms with Crippen molar-refractivity contribution in [1.82, 2.24) is 0 Å². The van der Waals surface area contributed by atoms with E-state index in [0.29, 0.717) is 11.4 Å². The normalized spacial score (nSPS) is 12.4. The van der Waals surface area contributed by atoms with Gasteiger partial charge in [0.25, 0.3) is 0 Å². The first-order chi connectivity index (χ1) is 8.29. The molecule has 1 unspecified atom stereocenters. The summed E-state index contributed by atoms with van der Waals surface area (Å²) in [4.78, 5) is 11.6. The largest absolute Gasteiger partial charge is 0.326 e. The second-order valence-electron chi connectivity index (χ2n) is 4.91. The van der Waals surface area contributed by atoms with E-state index in [2.05, 4.69) is 0 Å². The lowest BCUT2D eigenvalue weighted by atomic mass is 9.84. The zero-order valence-corrected chi connectivity index (χ0v) is 12.7. The number of halogens is 1. The highest BCUT2D eigenvalue weighted by molar-refractivity contribution is 6.30. The van der Waals surface area contributed by atoms with Crippen molar-refractivity contribution in [3.63, 3.8) is 0 Å². The fourth-order valence-corrected chi connectivity index (χ4v) is 1.84. The summed E-state index contributed by atoms with van der Waals surface area (Å²) in [5.74, 6) is -0.00175. The van der Waals surface area contributed by atoms with Crippen molar-refractivity contribution in [2.75, 3.05) is 0 Å². The molecule has 2 nitrogen and oxygen atoms in total. The van der Waals surface area contributed by atoms with Gasteiger partial charge in [0.1, 0.15) is 5.78 Å². The molecule has 0 amide bonds. The number of hydrogen-bond donors (Lipinski definition) is 1. The Morgan fingerprint density at radius 2 is 1.72 bits per heavy atom. The molecule has 1 rings (SSSR count). The van der Waals surface area contributed by atoms with Crippen LogP contribution in [0.2, 0.25) is 5.02 Å². The molecule has 0 saturated heterocycles. The van der Waals surface area contributed by atoms with Crippen LogP contribution in [0.4, 0.5) is 0 Å². The summed E-state index contributed by atoms with van der Waals surface area (Å²) in [5, 5.41) is 0.679. The molecular formula is C15H24ClNO. The van der Waals surface area contributed by atoms with Gasteiger partial charge in [-0.3, -0.25) is 4.79 Å². The second-order valence-corrected chi connectivity index (χ2v) is 5.34. The third kappa shape index (κ3) is 6.18. The van der Waals surface area contributed by atoms with Crippen LogP contribution in [0.1, 0.15) is 52.5 Å². The molecule has 0 aromatic heterocycles. The van der Waals surface area contributed by atoms with Crippen molar-refractivity contribution in [3.05, 3.63) is 34.9 Å². The molecule has 0 bridgehead atoms. The quantitative estimate of drug-likeness (QED) is 0.892. The first-order valence-electron chi connectivity index (χ1n) is 6.34. The van der Waals surface area contributed by atoms with E-state index in [0.717, 1.165) is 5.56 Å². The molecule has 0 saturated carbocycles. The predicted octanol–water partition coefficient (Wildman–Crippen LogP) is 4.17.